The van der Waals surface area contributed by atoms with E-state index in [2.05, 4.69) is 20.9 Å². The van der Waals surface area contributed by atoms with Gasteiger partial charge in [0.1, 0.15) is 18.1 Å². The number of nitrogens with two attached hydrogens (primary N) is 2. The summed E-state index contributed by atoms with van der Waals surface area (Å²) in [6.45, 7) is 3.50. The third-order valence-electron chi connectivity index (χ3n) is 6.96. The predicted molar refractivity (Wildman–Crippen MR) is 157 cm³/mol. The molecule has 0 aliphatic heterocycles. The van der Waals surface area contributed by atoms with Crippen LogP contribution < -0.4 is 27.4 Å². The Kier molecular flexibility index (Phi) is 11.2. The summed E-state index contributed by atoms with van der Waals surface area (Å²) in [5, 5.41) is 18.4. The zero-order chi connectivity index (χ0) is 30.8. The van der Waals surface area contributed by atoms with E-state index in [4.69, 9.17) is 11.5 Å². The average molecular weight is 579 g/mol. The number of H-pyrrole nitrogens is 1. The maximum absolute atomic E-state index is 13.6. The van der Waals surface area contributed by atoms with Crippen molar-refractivity contribution in [1.82, 2.24) is 20.9 Å². The van der Waals surface area contributed by atoms with Gasteiger partial charge in [-0.15, -0.1) is 0 Å². The van der Waals surface area contributed by atoms with Gasteiger partial charge in [-0.25, -0.2) is 4.79 Å². The lowest BCUT2D eigenvalue weighted by Crippen LogP contribution is -2.58. The van der Waals surface area contributed by atoms with Crippen LogP contribution in [0, 0.1) is 5.92 Å². The Morgan fingerprint density at radius 1 is 0.810 bits per heavy atom. The molecule has 1 heterocycles. The number of carboxylic acid groups (broad SMARTS) is 1. The Morgan fingerprint density at radius 2 is 1.40 bits per heavy atom. The number of aromatic amines is 1. The molecule has 0 fully saturated rings. The molecule has 4 atom stereocenters. The van der Waals surface area contributed by atoms with Crippen LogP contribution in [0.2, 0.25) is 0 Å². The second kappa shape index (κ2) is 14.8. The normalized spacial score (nSPS) is 14.0. The first-order valence-electron chi connectivity index (χ1n) is 13.7. The lowest BCUT2D eigenvalue weighted by Gasteiger charge is -2.25. The number of carboxylic acids is 1. The summed E-state index contributed by atoms with van der Waals surface area (Å²) in [7, 11) is 0. The number of nitrogens with one attached hydrogen (secondary N) is 4. The van der Waals surface area contributed by atoms with Crippen molar-refractivity contribution in [3.05, 3.63) is 71.9 Å². The van der Waals surface area contributed by atoms with E-state index in [9.17, 15) is 29.1 Å². The summed E-state index contributed by atoms with van der Waals surface area (Å²) in [6.07, 6.45) is 1.43. The first-order valence-corrected chi connectivity index (χ1v) is 13.7. The minimum absolute atomic E-state index is 0.0151. The van der Waals surface area contributed by atoms with Crippen molar-refractivity contribution in [2.75, 3.05) is 0 Å². The van der Waals surface area contributed by atoms with Crippen LogP contribution in [0.3, 0.4) is 0 Å². The van der Waals surface area contributed by atoms with Gasteiger partial charge in [0.15, 0.2) is 0 Å². The molecule has 224 valence electrons. The molecule has 9 N–H and O–H groups in total. The predicted octanol–water partition coefficient (Wildman–Crippen LogP) is 0.741. The molecule has 0 bridgehead atoms. The molecule has 12 heteroatoms. The van der Waals surface area contributed by atoms with Gasteiger partial charge in [-0.2, -0.15) is 0 Å². The lowest BCUT2D eigenvalue weighted by atomic mass is 10.0. The summed E-state index contributed by atoms with van der Waals surface area (Å²) in [6, 6.07) is 11.6. The molecule has 1 aromatic heterocycles. The topological polar surface area (TPSA) is 209 Å². The van der Waals surface area contributed by atoms with E-state index in [1.54, 1.807) is 50.4 Å². The van der Waals surface area contributed by atoms with Crippen LogP contribution in [0.25, 0.3) is 10.9 Å². The van der Waals surface area contributed by atoms with Crippen molar-refractivity contribution >= 4 is 40.5 Å². The van der Waals surface area contributed by atoms with Crippen LogP contribution in [0.15, 0.2) is 60.8 Å². The highest BCUT2D eigenvalue weighted by atomic mass is 16.4. The summed E-state index contributed by atoms with van der Waals surface area (Å²) < 4.78 is 0. The quantitative estimate of drug-likeness (QED) is 0.137. The molecule has 0 saturated heterocycles. The van der Waals surface area contributed by atoms with E-state index < -0.39 is 53.8 Å². The van der Waals surface area contributed by atoms with Crippen molar-refractivity contribution in [2.24, 2.45) is 17.4 Å². The maximum Gasteiger partial charge on any atom is 0.326 e. The Labute approximate surface area is 243 Å². The van der Waals surface area contributed by atoms with Gasteiger partial charge < -0.3 is 37.5 Å². The number of fused-ring (bicyclic) bond motifs is 1. The van der Waals surface area contributed by atoms with Crippen molar-refractivity contribution in [3.8, 4) is 0 Å². The van der Waals surface area contributed by atoms with Crippen molar-refractivity contribution in [3.63, 3.8) is 0 Å². The number of rotatable bonds is 15. The Hall–Kier alpha value is -4.71. The monoisotopic (exact) mass is 578 g/mol. The van der Waals surface area contributed by atoms with E-state index in [1.165, 1.54) is 0 Å². The molecule has 0 radical (unpaired) electrons. The number of aliphatic carboxylic acids is 1. The number of carbonyl (C=O) groups excluding carboxylic acids is 4. The molecular formula is C30H38N6O6. The van der Waals surface area contributed by atoms with Gasteiger partial charge in [0.25, 0.3) is 0 Å². The van der Waals surface area contributed by atoms with E-state index in [0.717, 1.165) is 10.9 Å². The first-order chi connectivity index (χ1) is 20.0. The number of primary amides is 1. The summed E-state index contributed by atoms with van der Waals surface area (Å²) in [4.78, 5) is 66.4. The number of benzene rings is 2. The van der Waals surface area contributed by atoms with Crippen LogP contribution in [-0.2, 0) is 36.8 Å². The zero-order valence-electron chi connectivity index (χ0n) is 23.6. The molecule has 0 saturated carbocycles. The van der Waals surface area contributed by atoms with Gasteiger partial charge in [0.2, 0.25) is 23.6 Å². The average Bonchev–Trinajstić information content (AvgIpc) is 3.36. The third kappa shape index (κ3) is 8.90. The highest BCUT2D eigenvalue weighted by molar-refractivity contribution is 5.95. The highest BCUT2D eigenvalue weighted by Crippen LogP contribution is 2.19. The number of aromatic nitrogens is 1. The van der Waals surface area contributed by atoms with Crippen LogP contribution >= 0.6 is 0 Å². The largest absolute Gasteiger partial charge is 0.480 e. The number of hydrogen-bond acceptors (Lipinski definition) is 6. The third-order valence-corrected chi connectivity index (χ3v) is 6.96. The molecule has 0 aliphatic carbocycles. The molecule has 4 unspecified atom stereocenters. The SMILES string of the molecule is CC(C)C(N)C(=O)NC(CCC(N)=O)C(=O)NC(Cc1c[nH]c2ccccc12)C(=O)NC(Cc1ccccc1)C(=O)O. The second-order valence-electron chi connectivity index (χ2n) is 10.5. The summed E-state index contributed by atoms with van der Waals surface area (Å²) >= 11 is 0. The Morgan fingerprint density at radius 3 is 2.05 bits per heavy atom. The molecule has 3 rings (SSSR count). The van der Waals surface area contributed by atoms with Gasteiger partial charge in [0.05, 0.1) is 6.04 Å². The van der Waals surface area contributed by atoms with Crippen LogP contribution in [0.1, 0.15) is 37.8 Å². The number of para-hydroxylation sites is 1. The molecule has 42 heavy (non-hydrogen) atoms. The Balaban J connectivity index is 1.87. The number of carbonyl (C=O) groups is 5. The van der Waals surface area contributed by atoms with Gasteiger partial charge in [-0.3, -0.25) is 19.2 Å². The number of amides is 4. The van der Waals surface area contributed by atoms with Crippen molar-refractivity contribution < 1.29 is 29.1 Å². The summed E-state index contributed by atoms with van der Waals surface area (Å²) in [5.41, 5.74) is 13.5. The molecule has 3 aromatic rings. The minimum atomic E-state index is -1.27. The molecule has 0 aliphatic rings. The van der Waals surface area contributed by atoms with Crippen LogP contribution in [0.5, 0.6) is 0 Å². The first kappa shape index (κ1) is 31.8. The zero-order valence-corrected chi connectivity index (χ0v) is 23.6. The molecule has 2 aromatic carbocycles. The highest BCUT2D eigenvalue weighted by Gasteiger charge is 2.31. The molecule has 0 spiro atoms. The second-order valence-corrected chi connectivity index (χ2v) is 10.5. The molecular weight excluding hydrogens is 540 g/mol. The van der Waals surface area contributed by atoms with Gasteiger partial charge in [-0.05, 0) is 29.5 Å². The van der Waals surface area contributed by atoms with E-state index >= 15 is 0 Å². The van der Waals surface area contributed by atoms with Gasteiger partial charge in [0, 0.05) is 36.4 Å². The fourth-order valence-electron chi connectivity index (χ4n) is 4.45. The van der Waals surface area contributed by atoms with Crippen LogP contribution in [-0.4, -0.2) is 63.9 Å². The molecule has 12 nitrogen and oxygen atoms in total. The van der Waals surface area contributed by atoms with Gasteiger partial charge >= 0.3 is 5.97 Å². The number of hydrogen-bond donors (Lipinski definition) is 7. The van der Waals surface area contributed by atoms with Gasteiger partial charge in [-0.1, -0.05) is 62.4 Å². The maximum atomic E-state index is 13.6. The minimum Gasteiger partial charge on any atom is -0.480 e. The molecule has 4 amide bonds. The lowest BCUT2D eigenvalue weighted by molar-refractivity contribution is -0.142. The standard InChI is InChI=1S/C30H38N6O6/c1-17(2)26(32)29(40)34-22(12-13-25(31)37)27(38)35-23(15-19-16-33-21-11-7-6-10-20(19)21)28(39)36-24(30(41)42)14-18-8-4-3-5-9-18/h3-11,16-17,22-24,26,33H,12-15,32H2,1-2H3,(H2,31,37)(H,34,40)(H,35,38)(H,36,39)(H,41,42). The smallest absolute Gasteiger partial charge is 0.326 e. The summed E-state index contributed by atoms with van der Waals surface area (Å²) in [5.74, 6) is -4.19. The van der Waals surface area contributed by atoms with Crippen molar-refractivity contribution in [1.29, 1.82) is 0 Å². The van der Waals surface area contributed by atoms with Crippen molar-refractivity contribution in [2.45, 2.75) is 63.7 Å². The fraction of sp³-hybridized carbons (Fsp3) is 0.367. The van der Waals surface area contributed by atoms with E-state index in [-0.39, 0.29) is 31.6 Å². The van der Waals surface area contributed by atoms with Crippen LogP contribution in [0.4, 0.5) is 0 Å². The van der Waals surface area contributed by atoms with E-state index in [1.807, 2.05) is 24.3 Å². The fourth-order valence-corrected chi connectivity index (χ4v) is 4.45. The Bertz CT molecular complexity index is 1410. The van der Waals surface area contributed by atoms with E-state index in [0.29, 0.717) is 11.1 Å².